The van der Waals surface area contributed by atoms with Gasteiger partial charge in [0.2, 0.25) is 0 Å². The molecule has 0 spiro atoms. The van der Waals surface area contributed by atoms with Crippen LogP contribution in [-0.2, 0) is 9.53 Å². The summed E-state index contributed by atoms with van der Waals surface area (Å²) in [6, 6.07) is 8.23. The Hall–Kier alpha value is -3.96. The van der Waals surface area contributed by atoms with Crippen molar-refractivity contribution in [2.24, 2.45) is 4.99 Å². The zero-order valence-electron chi connectivity index (χ0n) is 20.3. The number of nitrogens with zero attached hydrogens (tertiary/aromatic N) is 3. The Morgan fingerprint density at radius 1 is 1.22 bits per heavy atom. The van der Waals surface area contributed by atoms with Crippen molar-refractivity contribution in [3.8, 4) is 11.5 Å². The first kappa shape index (κ1) is 26.1. The molecule has 0 saturated heterocycles. The Labute approximate surface area is 219 Å². The summed E-state index contributed by atoms with van der Waals surface area (Å²) in [4.78, 5) is 42.3. The van der Waals surface area contributed by atoms with Crippen LogP contribution in [0.4, 0.5) is 5.69 Å². The summed E-state index contributed by atoms with van der Waals surface area (Å²) in [7, 11) is 3.00. The molecule has 0 amide bonds. The van der Waals surface area contributed by atoms with E-state index < -0.39 is 22.5 Å². The minimum absolute atomic E-state index is 0.143. The molecule has 4 rings (SSSR count). The van der Waals surface area contributed by atoms with Crippen LogP contribution in [0, 0.1) is 10.1 Å². The van der Waals surface area contributed by atoms with Crippen molar-refractivity contribution in [1.82, 2.24) is 4.57 Å². The summed E-state index contributed by atoms with van der Waals surface area (Å²) < 4.78 is 17.7. The lowest BCUT2D eigenvalue weighted by Gasteiger charge is -2.25. The van der Waals surface area contributed by atoms with Gasteiger partial charge in [-0.25, -0.2) is 9.79 Å². The largest absolute Gasteiger partial charge is 0.493 e. The molecule has 0 N–H and O–H groups in total. The van der Waals surface area contributed by atoms with Crippen LogP contribution in [-0.4, -0.2) is 36.3 Å². The molecule has 1 atom stereocenters. The number of non-ortho nitro benzene ring substituents is 1. The van der Waals surface area contributed by atoms with Gasteiger partial charge in [-0.3, -0.25) is 19.5 Å². The molecule has 0 unspecified atom stereocenters. The lowest BCUT2D eigenvalue weighted by Crippen LogP contribution is -2.40. The van der Waals surface area contributed by atoms with E-state index in [2.05, 4.69) is 4.99 Å². The number of rotatable bonds is 7. The van der Waals surface area contributed by atoms with Crippen LogP contribution < -0.4 is 24.4 Å². The standard InChI is InChI=1S/C25H22ClN3O7S/c1-5-36-24(31)21-13(2)27-25-28(22(21)14-6-9-18(34-3)19(11-14)35-4)23(30)20(37-25)12-15-10-16(29(32)33)7-8-17(15)26/h6-12,22H,5H2,1-4H3/b20-12-/t22-/m1/s1. The number of hydrogen-bond donors (Lipinski definition) is 0. The summed E-state index contributed by atoms with van der Waals surface area (Å²) in [5.74, 6) is 0.306. The van der Waals surface area contributed by atoms with E-state index in [4.69, 9.17) is 25.8 Å². The zero-order valence-corrected chi connectivity index (χ0v) is 21.9. The maximum Gasteiger partial charge on any atom is 0.338 e. The molecule has 10 nitrogen and oxygen atoms in total. The number of ether oxygens (including phenoxy) is 3. The smallest absolute Gasteiger partial charge is 0.338 e. The normalized spacial score (nSPS) is 15.2. The number of allylic oxidation sites excluding steroid dienone is 1. The van der Waals surface area contributed by atoms with Crippen LogP contribution in [0.2, 0.25) is 5.02 Å². The molecule has 2 heterocycles. The van der Waals surface area contributed by atoms with Gasteiger partial charge in [0.05, 0.1) is 47.6 Å². The summed E-state index contributed by atoms with van der Waals surface area (Å²) in [6.07, 6.45) is 1.48. The fourth-order valence-corrected chi connectivity index (χ4v) is 5.24. The molecule has 0 radical (unpaired) electrons. The fraction of sp³-hybridized carbons (Fsp3) is 0.240. The van der Waals surface area contributed by atoms with Gasteiger partial charge in [-0.15, -0.1) is 0 Å². The number of nitro benzene ring substituents is 1. The molecule has 0 aliphatic carbocycles. The SMILES string of the molecule is CCOC(=O)C1=C(C)N=c2s/c(=C\c3cc([N+](=O)[O-])ccc3Cl)c(=O)n2[C@@H]1c1ccc(OC)c(OC)c1. The number of hydrogen-bond acceptors (Lipinski definition) is 9. The van der Waals surface area contributed by atoms with Crippen LogP contribution in [0.5, 0.6) is 11.5 Å². The molecule has 3 aromatic rings. The highest BCUT2D eigenvalue weighted by Crippen LogP contribution is 2.36. The highest BCUT2D eigenvalue weighted by molar-refractivity contribution is 7.07. The van der Waals surface area contributed by atoms with E-state index in [1.54, 1.807) is 32.0 Å². The molecule has 1 aromatic heterocycles. The topological polar surface area (TPSA) is 122 Å². The van der Waals surface area contributed by atoms with Crippen LogP contribution in [0.15, 0.2) is 57.5 Å². The Morgan fingerprint density at radius 2 is 1.95 bits per heavy atom. The first-order valence-corrected chi connectivity index (χ1v) is 12.2. The molecule has 37 heavy (non-hydrogen) atoms. The third-order valence-electron chi connectivity index (χ3n) is 5.72. The molecule has 1 aliphatic heterocycles. The second-order valence-electron chi connectivity index (χ2n) is 7.88. The van der Waals surface area contributed by atoms with Crippen molar-refractivity contribution in [3.63, 3.8) is 0 Å². The summed E-state index contributed by atoms with van der Waals surface area (Å²) in [6.45, 7) is 3.51. The molecule has 1 aliphatic rings. The third kappa shape index (κ3) is 4.87. The van der Waals surface area contributed by atoms with Gasteiger partial charge in [0, 0.05) is 22.7 Å². The van der Waals surface area contributed by atoms with E-state index in [9.17, 15) is 19.7 Å². The van der Waals surface area contributed by atoms with Crippen molar-refractivity contribution in [1.29, 1.82) is 0 Å². The summed E-state index contributed by atoms with van der Waals surface area (Å²) in [5, 5.41) is 11.5. The average molecular weight is 544 g/mol. The Kier molecular flexibility index (Phi) is 7.46. The van der Waals surface area contributed by atoms with E-state index in [-0.39, 0.29) is 27.4 Å². The van der Waals surface area contributed by atoms with Crippen LogP contribution >= 0.6 is 22.9 Å². The van der Waals surface area contributed by atoms with Crippen molar-refractivity contribution >= 4 is 40.7 Å². The summed E-state index contributed by atoms with van der Waals surface area (Å²) in [5.41, 5.74) is 0.898. The van der Waals surface area contributed by atoms with Gasteiger partial charge in [0.25, 0.3) is 11.2 Å². The van der Waals surface area contributed by atoms with Gasteiger partial charge < -0.3 is 14.2 Å². The van der Waals surface area contributed by atoms with Crippen LogP contribution in [0.25, 0.3) is 6.08 Å². The van der Waals surface area contributed by atoms with Crippen LogP contribution in [0.3, 0.4) is 0 Å². The minimum Gasteiger partial charge on any atom is -0.493 e. The number of thiazole rings is 1. The van der Waals surface area contributed by atoms with E-state index in [1.807, 2.05) is 0 Å². The molecule has 12 heteroatoms. The van der Waals surface area contributed by atoms with E-state index >= 15 is 0 Å². The van der Waals surface area contributed by atoms with E-state index in [0.29, 0.717) is 33.1 Å². The van der Waals surface area contributed by atoms with Crippen molar-refractivity contribution in [2.45, 2.75) is 19.9 Å². The average Bonchev–Trinajstić information content (AvgIpc) is 3.18. The Bertz CT molecular complexity index is 1620. The number of aromatic nitrogens is 1. The van der Waals surface area contributed by atoms with Crippen molar-refractivity contribution < 1.29 is 23.9 Å². The third-order valence-corrected chi connectivity index (χ3v) is 7.04. The monoisotopic (exact) mass is 543 g/mol. The molecular formula is C25H22ClN3O7S. The Balaban J connectivity index is 1.98. The lowest BCUT2D eigenvalue weighted by molar-refractivity contribution is -0.384. The van der Waals surface area contributed by atoms with Gasteiger partial charge in [-0.2, -0.15) is 0 Å². The number of benzene rings is 2. The number of nitro groups is 1. The number of carbonyl (C=O) groups excluding carboxylic acids is 1. The lowest BCUT2D eigenvalue weighted by atomic mass is 9.95. The highest BCUT2D eigenvalue weighted by atomic mass is 35.5. The van der Waals surface area contributed by atoms with Crippen LogP contribution in [0.1, 0.15) is 31.0 Å². The second kappa shape index (κ2) is 10.6. The highest BCUT2D eigenvalue weighted by Gasteiger charge is 2.34. The van der Waals surface area contributed by atoms with Gasteiger partial charge in [0.1, 0.15) is 0 Å². The molecule has 192 valence electrons. The molecule has 2 aromatic carbocycles. The maximum absolute atomic E-state index is 13.7. The molecule has 0 fully saturated rings. The number of fused-ring (bicyclic) bond motifs is 1. The number of carbonyl (C=O) groups is 1. The first-order chi connectivity index (χ1) is 17.7. The molecule has 0 saturated carbocycles. The number of methoxy groups -OCH3 is 2. The Morgan fingerprint density at radius 3 is 2.59 bits per heavy atom. The van der Waals surface area contributed by atoms with Gasteiger partial charge in [-0.1, -0.05) is 29.0 Å². The predicted molar refractivity (Wildman–Crippen MR) is 138 cm³/mol. The van der Waals surface area contributed by atoms with E-state index in [0.717, 1.165) is 11.3 Å². The quantitative estimate of drug-likeness (QED) is 0.254. The fourth-order valence-electron chi connectivity index (χ4n) is 4.03. The summed E-state index contributed by atoms with van der Waals surface area (Å²) >= 11 is 7.35. The number of esters is 1. The van der Waals surface area contributed by atoms with Crippen molar-refractivity contribution in [3.05, 3.63) is 93.6 Å². The zero-order chi connectivity index (χ0) is 26.9. The van der Waals surface area contributed by atoms with Gasteiger partial charge in [-0.05, 0) is 43.7 Å². The second-order valence-corrected chi connectivity index (χ2v) is 9.30. The molecular weight excluding hydrogens is 522 g/mol. The maximum atomic E-state index is 13.7. The predicted octanol–water partition coefficient (Wildman–Crippen LogP) is 3.38. The minimum atomic E-state index is -0.863. The first-order valence-electron chi connectivity index (χ1n) is 11.1. The van der Waals surface area contributed by atoms with E-state index in [1.165, 1.54) is 43.1 Å². The van der Waals surface area contributed by atoms with Crippen molar-refractivity contribution in [2.75, 3.05) is 20.8 Å². The number of halogens is 1. The van der Waals surface area contributed by atoms with Gasteiger partial charge in [0.15, 0.2) is 16.3 Å². The van der Waals surface area contributed by atoms with Gasteiger partial charge >= 0.3 is 5.97 Å². The molecule has 0 bridgehead atoms.